The van der Waals surface area contributed by atoms with E-state index in [1.54, 1.807) is 0 Å². The van der Waals surface area contributed by atoms with E-state index in [1.807, 2.05) is 55.5 Å². The third kappa shape index (κ3) is 1.02. The number of hydrogen-bond donors (Lipinski definition) is 0. The second-order valence-electron chi connectivity index (χ2n) is 7.24. The average Bonchev–Trinajstić information content (AvgIpc) is 3.35. The molecule has 5 nitrogen and oxygen atoms in total. The van der Waals surface area contributed by atoms with Gasteiger partial charge in [-0.1, -0.05) is 42.0 Å². The van der Waals surface area contributed by atoms with Crippen molar-refractivity contribution in [1.82, 2.24) is 0 Å². The minimum absolute atomic E-state index is 0.190. The van der Waals surface area contributed by atoms with Gasteiger partial charge in [0.1, 0.15) is 10.8 Å². The molecule has 3 saturated heterocycles. The first-order chi connectivity index (χ1) is 11.6. The second-order valence-corrected chi connectivity index (χ2v) is 7.24. The Morgan fingerprint density at radius 3 is 1.62 bits per heavy atom. The van der Waals surface area contributed by atoms with E-state index in [9.17, 15) is 9.59 Å². The summed E-state index contributed by atoms with van der Waals surface area (Å²) in [6, 6.07) is 7.51. The Kier molecular flexibility index (Phi) is 2.02. The number of hydrogen-bond acceptors (Lipinski definition) is 4. The molecule has 0 spiro atoms. The van der Waals surface area contributed by atoms with Crippen molar-refractivity contribution in [3.05, 3.63) is 54.1 Å². The molecule has 4 bridgehead atoms. The van der Waals surface area contributed by atoms with E-state index >= 15 is 0 Å². The molecule has 3 fully saturated rings. The smallest absolute Gasteiger partial charge is 0.247 e. The van der Waals surface area contributed by atoms with Crippen LogP contribution in [0.2, 0.25) is 0 Å². The standard InChI is InChI=1S/C19H15NO4/c1-10-2-4-11(5-3-10)20-16(21)18-12-6-7-13(23-12)19(18,17(20)22)15-9-8-14(18)24-15/h2-9,12-15H,1H3/t12-,13+,14+,15-,18?,19?. The number of carbonyl (C=O) groups is 2. The quantitative estimate of drug-likeness (QED) is 0.581. The Hall–Kier alpha value is -2.24. The number of rotatable bonds is 1. The zero-order chi connectivity index (χ0) is 16.3. The monoisotopic (exact) mass is 321 g/mol. The molecule has 6 rings (SSSR count). The first-order valence-electron chi connectivity index (χ1n) is 8.25. The number of nitrogens with zero attached hydrogens (tertiary/aromatic N) is 1. The third-order valence-electron chi connectivity index (χ3n) is 6.39. The normalized spacial score (nSPS) is 46.3. The van der Waals surface area contributed by atoms with Gasteiger partial charge in [-0.25, -0.2) is 4.90 Å². The fourth-order valence-corrected chi connectivity index (χ4v) is 5.43. The van der Waals surface area contributed by atoms with Crippen LogP contribution < -0.4 is 4.90 Å². The maximum atomic E-state index is 13.5. The summed E-state index contributed by atoms with van der Waals surface area (Å²) >= 11 is 0. The minimum Gasteiger partial charge on any atom is -0.364 e. The molecule has 5 aliphatic heterocycles. The summed E-state index contributed by atoms with van der Waals surface area (Å²) in [4.78, 5) is 28.4. The van der Waals surface area contributed by atoms with Gasteiger partial charge in [0.05, 0.1) is 30.1 Å². The van der Waals surface area contributed by atoms with E-state index in [4.69, 9.17) is 9.47 Å². The number of fused-ring (bicyclic) bond motifs is 4. The molecule has 1 aromatic rings. The predicted octanol–water partition coefficient (Wildman–Crippen LogP) is 1.52. The third-order valence-corrected chi connectivity index (χ3v) is 6.39. The Morgan fingerprint density at radius 1 is 0.792 bits per heavy atom. The van der Waals surface area contributed by atoms with E-state index in [0.717, 1.165) is 5.56 Å². The molecule has 24 heavy (non-hydrogen) atoms. The van der Waals surface area contributed by atoms with Crippen LogP contribution in [0.25, 0.3) is 0 Å². The van der Waals surface area contributed by atoms with Gasteiger partial charge in [-0.05, 0) is 19.1 Å². The molecule has 1 aromatic carbocycles. The van der Waals surface area contributed by atoms with E-state index in [1.165, 1.54) is 4.90 Å². The number of amides is 2. The van der Waals surface area contributed by atoms with Crippen LogP contribution in [0.1, 0.15) is 5.56 Å². The number of aryl methyl sites for hydroxylation is 1. The molecule has 120 valence electrons. The van der Waals surface area contributed by atoms with Gasteiger partial charge >= 0.3 is 0 Å². The molecular formula is C19H15NO4. The van der Waals surface area contributed by atoms with Gasteiger partial charge in [0, 0.05) is 0 Å². The summed E-state index contributed by atoms with van der Waals surface area (Å²) < 4.78 is 12.0. The lowest BCUT2D eigenvalue weighted by molar-refractivity contribution is -0.132. The van der Waals surface area contributed by atoms with Gasteiger partial charge in [-0.15, -0.1) is 0 Å². The highest BCUT2D eigenvalue weighted by molar-refractivity contribution is 6.27. The Bertz CT molecular complexity index is 794. The molecule has 0 aliphatic carbocycles. The summed E-state index contributed by atoms with van der Waals surface area (Å²) in [5, 5.41) is 0. The zero-order valence-corrected chi connectivity index (χ0v) is 13.0. The van der Waals surface area contributed by atoms with Crippen LogP contribution in [0.3, 0.4) is 0 Å². The van der Waals surface area contributed by atoms with Gasteiger partial charge in [-0.3, -0.25) is 9.59 Å². The van der Waals surface area contributed by atoms with Crippen molar-refractivity contribution < 1.29 is 19.1 Å². The van der Waals surface area contributed by atoms with E-state index < -0.39 is 35.2 Å². The molecule has 2 unspecified atom stereocenters. The van der Waals surface area contributed by atoms with Crippen LogP contribution in [0.15, 0.2) is 48.6 Å². The maximum Gasteiger partial charge on any atom is 0.247 e. The fourth-order valence-electron chi connectivity index (χ4n) is 5.43. The van der Waals surface area contributed by atoms with Crippen molar-refractivity contribution in [3.8, 4) is 0 Å². The molecular weight excluding hydrogens is 306 g/mol. The SMILES string of the molecule is Cc1ccc(N2C(=O)C34[C@@H]5C=C[C@@H](O5)C3(C2=O)[C@@H]2C=C[C@H]4O2)cc1. The zero-order valence-electron chi connectivity index (χ0n) is 13.0. The summed E-state index contributed by atoms with van der Waals surface area (Å²) in [6.07, 6.45) is 6.11. The van der Waals surface area contributed by atoms with Crippen molar-refractivity contribution in [2.45, 2.75) is 31.3 Å². The lowest BCUT2D eigenvalue weighted by Gasteiger charge is -2.37. The Morgan fingerprint density at radius 2 is 1.21 bits per heavy atom. The van der Waals surface area contributed by atoms with Crippen LogP contribution in [0.4, 0.5) is 5.69 Å². The Labute approximate surface area is 138 Å². The maximum absolute atomic E-state index is 13.5. The van der Waals surface area contributed by atoms with Crippen molar-refractivity contribution in [2.24, 2.45) is 10.8 Å². The van der Waals surface area contributed by atoms with Crippen molar-refractivity contribution in [2.75, 3.05) is 4.90 Å². The van der Waals surface area contributed by atoms with Gasteiger partial charge in [0.15, 0.2) is 0 Å². The number of anilines is 1. The van der Waals surface area contributed by atoms with Gasteiger partial charge in [0.2, 0.25) is 11.8 Å². The van der Waals surface area contributed by atoms with Crippen LogP contribution in [-0.2, 0) is 19.1 Å². The van der Waals surface area contributed by atoms with Crippen molar-refractivity contribution in [3.63, 3.8) is 0 Å². The van der Waals surface area contributed by atoms with Crippen molar-refractivity contribution in [1.29, 1.82) is 0 Å². The molecule has 6 atom stereocenters. The highest BCUT2D eigenvalue weighted by atomic mass is 16.6. The predicted molar refractivity (Wildman–Crippen MR) is 84.1 cm³/mol. The Balaban J connectivity index is 1.61. The van der Waals surface area contributed by atoms with E-state index in [-0.39, 0.29) is 11.8 Å². The fraction of sp³-hybridized carbons (Fsp3) is 0.368. The van der Waals surface area contributed by atoms with Crippen LogP contribution >= 0.6 is 0 Å². The summed E-state index contributed by atoms with van der Waals surface area (Å²) in [7, 11) is 0. The first kappa shape index (κ1) is 13.1. The second kappa shape index (κ2) is 3.71. The molecule has 5 aliphatic rings. The number of ether oxygens (including phenoxy) is 2. The van der Waals surface area contributed by atoms with E-state index in [2.05, 4.69) is 0 Å². The number of imide groups is 1. The van der Waals surface area contributed by atoms with Gasteiger partial charge < -0.3 is 9.47 Å². The average molecular weight is 321 g/mol. The van der Waals surface area contributed by atoms with Crippen LogP contribution in [0, 0.1) is 17.8 Å². The first-order valence-corrected chi connectivity index (χ1v) is 8.25. The molecule has 2 amide bonds. The molecule has 0 aromatic heterocycles. The van der Waals surface area contributed by atoms with Gasteiger partial charge in [-0.2, -0.15) is 0 Å². The molecule has 0 saturated carbocycles. The highest BCUT2D eigenvalue weighted by Crippen LogP contribution is 2.72. The topological polar surface area (TPSA) is 55.8 Å². The lowest BCUT2D eigenvalue weighted by Crippen LogP contribution is -2.56. The van der Waals surface area contributed by atoms with Crippen LogP contribution in [0.5, 0.6) is 0 Å². The summed E-state index contributed by atoms with van der Waals surface area (Å²) in [5.74, 6) is -0.380. The van der Waals surface area contributed by atoms with E-state index in [0.29, 0.717) is 5.69 Å². The molecule has 5 heterocycles. The largest absolute Gasteiger partial charge is 0.364 e. The molecule has 5 heteroatoms. The van der Waals surface area contributed by atoms with Crippen LogP contribution in [-0.4, -0.2) is 36.2 Å². The number of benzene rings is 1. The minimum atomic E-state index is -0.951. The molecule has 0 radical (unpaired) electrons. The summed E-state index contributed by atoms with van der Waals surface area (Å²) in [6.45, 7) is 1.98. The summed E-state index contributed by atoms with van der Waals surface area (Å²) in [5.41, 5.74) is -0.184. The van der Waals surface area contributed by atoms with Crippen molar-refractivity contribution >= 4 is 17.5 Å². The molecule has 0 N–H and O–H groups in total. The lowest BCUT2D eigenvalue weighted by atomic mass is 9.54. The highest BCUT2D eigenvalue weighted by Gasteiger charge is 2.89. The number of carbonyl (C=O) groups excluding carboxylic acids is 2. The van der Waals surface area contributed by atoms with Gasteiger partial charge in [0.25, 0.3) is 0 Å².